The molecule has 3 rings (SSSR count). The third-order valence-electron chi connectivity index (χ3n) is 3.86. The molecule has 0 saturated carbocycles. The highest BCUT2D eigenvalue weighted by Gasteiger charge is 2.38. The Labute approximate surface area is 147 Å². The monoisotopic (exact) mass is 362 g/mol. The first-order valence-electron chi connectivity index (χ1n) is 7.51. The molecule has 0 bridgehead atoms. The zero-order valence-electron chi connectivity index (χ0n) is 13.0. The van der Waals surface area contributed by atoms with Crippen LogP contribution in [0.2, 0.25) is 5.02 Å². The number of benzene rings is 2. The number of hydrogen-bond donors (Lipinski definition) is 0. The summed E-state index contributed by atoms with van der Waals surface area (Å²) in [6.07, 6.45) is 0. The quantitative estimate of drug-likeness (QED) is 0.618. The van der Waals surface area contributed by atoms with Crippen LogP contribution in [0, 0.1) is 0 Å². The van der Waals surface area contributed by atoms with Gasteiger partial charge in [0.25, 0.3) is 0 Å². The van der Waals surface area contributed by atoms with Gasteiger partial charge in [0.2, 0.25) is 0 Å². The fourth-order valence-electron chi connectivity index (χ4n) is 2.80. The van der Waals surface area contributed by atoms with Crippen molar-refractivity contribution in [2.45, 2.75) is 17.7 Å². The Morgan fingerprint density at radius 2 is 1.96 bits per heavy atom. The van der Waals surface area contributed by atoms with E-state index in [4.69, 9.17) is 16.3 Å². The third-order valence-corrected chi connectivity index (χ3v) is 5.62. The van der Waals surface area contributed by atoms with Gasteiger partial charge < -0.3 is 4.74 Å². The lowest BCUT2D eigenvalue weighted by molar-refractivity contribution is -0.144. The first-order chi connectivity index (χ1) is 11.5. The van der Waals surface area contributed by atoms with Gasteiger partial charge in [-0.3, -0.25) is 13.8 Å². The fraction of sp³-hybridized carbons (Fsp3) is 0.222. The summed E-state index contributed by atoms with van der Waals surface area (Å²) in [7, 11) is -1.45. The Morgan fingerprint density at radius 1 is 1.25 bits per heavy atom. The maximum Gasteiger partial charge on any atom is 0.314 e. The Morgan fingerprint density at radius 3 is 2.62 bits per heavy atom. The second-order valence-electron chi connectivity index (χ2n) is 5.38. The lowest BCUT2D eigenvalue weighted by Crippen LogP contribution is -2.16. The van der Waals surface area contributed by atoms with Crippen LogP contribution in [-0.4, -0.2) is 28.3 Å². The van der Waals surface area contributed by atoms with E-state index in [0.717, 1.165) is 0 Å². The molecule has 0 unspecified atom stereocenters. The Hall–Kier alpha value is -1.98. The average molecular weight is 363 g/mol. The molecule has 0 N–H and O–H groups in total. The molecule has 0 aromatic heterocycles. The van der Waals surface area contributed by atoms with Crippen LogP contribution in [0.25, 0.3) is 0 Å². The molecule has 1 aliphatic heterocycles. The van der Waals surface area contributed by atoms with Crippen LogP contribution < -0.4 is 0 Å². The van der Waals surface area contributed by atoms with Gasteiger partial charge in [-0.15, -0.1) is 0 Å². The van der Waals surface area contributed by atoms with E-state index in [9.17, 15) is 13.8 Å². The molecule has 1 aliphatic rings. The number of ether oxygens (including phenoxy) is 1. The van der Waals surface area contributed by atoms with E-state index >= 15 is 0 Å². The van der Waals surface area contributed by atoms with Crippen LogP contribution in [-0.2, 0) is 20.3 Å². The minimum Gasteiger partial charge on any atom is -0.465 e. The van der Waals surface area contributed by atoms with Crippen LogP contribution in [0.4, 0.5) is 0 Å². The molecule has 0 aliphatic carbocycles. The summed E-state index contributed by atoms with van der Waals surface area (Å²) in [6, 6.07) is 11.8. The lowest BCUT2D eigenvalue weighted by Gasteiger charge is -2.11. The normalized spacial score (nSPS) is 18.9. The van der Waals surface area contributed by atoms with Gasteiger partial charge in [-0.1, -0.05) is 41.9 Å². The molecule has 2 aromatic rings. The molecule has 2 atom stereocenters. The molecule has 0 saturated heterocycles. The van der Waals surface area contributed by atoms with Crippen LogP contribution in [0.5, 0.6) is 0 Å². The largest absolute Gasteiger partial charge is 0.465 e. The molecular formula is C18H15ClO4S. The zero-order chi connectivity index (χ0) is 17.3. The first-order valence-corrected chi connectivity index (χ1v) is 9.20. The van der Waals surface area contributed by atoms with Crippen molar-refractivity contribution in [1.82, 2.24) is 0 Å². The Kier molecular flexibility index (Phi) is 4.83. The van der Waals surface area contributed by atoms with Crippen molar-refractivity contribution in [3.8, 4) is 0 Å². The maximum atomic E-state index is 12.8. The SMILES string of the molecule is CCOC(=O)[C@H]1C[S@](=O)c2c(C(=O)c3ccccc3)cc(Cl)cc21. The number of ketones is 1. The van der Waals surface area contributed by atoms with Crippen LogP contribution in [0.15, 0.2) is 47.4 Å². The number of fused-ring (bicyclic) bond motifs is 1. The van der Waals surface area contributed by atoms with Gasteiger partial charge in [0, 0.05) is 21.9 Å². The van der Waals surface area contributed by atoms with Gasteiger partial charge in [-0.2, -0.15) is 0 Å². The third kappa shape index (κ3) is 3.01. The topological polar surface area (TPSA) is 60.4 Å². The van der Waals surface area contributed by atoms with E-state index < -0.39 is 22.7 Å². The highest BCUT2D eigenvalue weighted by molar-refractivity contribution is 7.85. The summed E-state index contributed by atoms with van der Waals surface area (Å²) in [5.74, 6) is -1.23. The predicted octanol–water partition coefficient (Wildman–Crippen LogP) is 3.34. The summed E-state index contributed by atoms with van der Waals surface area (Å²) in [6.45, 7) is 1.96. The van der Waals surface area contributed by atoms with E-state index in [1.54, 1.807) is 37.3 Å². The molecule has 0 fully saturated rings. The summed E-state index contributed by atoms with van der Waals surface area (Å²) in [4.78, 5) is 25.3. The molecule has 1 heterocycles. The fourth-order valence-corrected chi connectivity index (χ4v) is 4.68. The van der Waals surface area contributed by atoms with Gasteiger partial charge in [0.05, 0.1) is 28.2 Å². The Bertz CT molecular complexity index is 832. The Balaban J connectivity index is 2.11. The molecule has 0 spiro atoms. The van der Waals surface area contributed by atoms with Gasteiger partial charge in [-0.05, 0) is 24.6 Å². The van der Waals surface area contributed by atoms with Crippen LogP contribution in [0.1, 0.15) is 34.3 Å². The summed E-state index contributed by atoms with van der Waals surface area (Å²) in [5.41, 5.74) is 1.30. The zero-order valence-corrected chi connectivity index (χ0v) is 14.5. The highest BCUT2D eigenvalue weighted by Crippen LogP contribution is 2.38. The second kappa shape index (κ2) is 6.87. The highest BCUT2D eigenvalue weighted by atomic mass is 35.5. The number of rotatable bonds is 4. The van der Waals surface area contributed by atoms with Crippen LogP contribution >= 0.6 is 11.6 Å². The molecule has 4 nitrogen and oxygen atoms in total. The van der Waals surface area contributed by atoms with Crippen molar-refractivity contribution in [3.05, 3.63) is 64.2 Å². The van der Waals surface area contributed by atoms with E-state index in [2.05, 4.69) is 0 Å². The lowest BCUT2D eigenvalue weighted by atomic mass is 9.95. The smallest absolute Gasteiger partial charge is 0.314 e. The van der Waals surface area contributed by atoms with E-state index in [0.29, 0.717) is 21.0 Å². The molecule has 124 valence electrons. The van der Waals surface area contributed by atoms with Crippen LogP contribution in [0.3, 0.4) is 0 Å². The first kappa shape index (κ1) is 16.9. The van der Waals surface area contributed by atoms with Crippen molar-refractivity contribution in [2.75, 3.05) is 12.4 Å². The molecule has 6 heteroatoms. The number of hydrogen-bond acceptors (Lipinski definition) is 4. The second-order valence-corrected chi connectivity index (χ2v) is 7.25. The molecular weight excluding hydrogens is 348 g/mol. The standard InChI is InChI=1S/C18H15ClO4S/c1-2-23-18(21)15-10-24(22)17-13(15)8-12(19)9-14(17)16(20)11-6-4-3-5-7-11/h3-9,15H,2,10H2,1H3/t15-,24-/m0/s1. The summed E-state index contributed by atoms with van der Waals surface area (Å²) < 4.78 is 17.6. The number of carbonyl (C=O) groups is 2. The molecule has 0 radical (unpaired) electrons. The van der Waals surface area contributed by atoms with Gasteiger partial charge in [-0.25, -0.2) is 0 Å². The molecule has 0 amide bonds. The summed E-state index contributed by atoms with van der Waals surface area (Å²) >= 11 is 6.15. The van der Waals surface area contributed by atoms with Gasteiger partial charge in [0.15, 0.2) is 5.78 Å². The van der Waals surface area contributed by atoms with Crippen molar-refractivity contribution in [1.29, 1.82) is 0 Å². The van der Waals surface area contributed by atoms with E-state index in [1.165, 1.54) is 6.07 Å². The summed E-state index contributed by atoms with van der Waals surface area (Å²) in [5, 5.41) is 0.334. The number of esters is 1. The number of carbonyl (C=O) groups excluding carboxylic acids is 2. The molecule has 2 aromatic carbocycles. The van der Waals surface area contributed by atoms with Crippen molar-refractivity contribution >= 4 is 34.2 Å². The van der Waals surface area contributed by atoms with E-state index in [-0.39, 0.29) is 23.7 Å². The van der Waals surface area contributed by atoms with Gasteiger partial charge >= 0.3 is 5.97 Å². The average Bonchev–Trinajstić information content (AvgIpc) is 2.91. The number of halogens is 1. The predicted molar refractivity (Wildman–Crippen MR) is 92.0 cm³/mol. The van der Waals surface area contributed by atoms with E-state index in [1.807, 2.05) is 6.07 Å². The minimum absolute atomic E-state index is 0.115. The van der Waals surface area contributed by atoms with Crippen molar-refractivity contribution in [2.24, 2.45) is 0 Å². The maximum absolute atomic E-state index is 12.8. The minimum atomic E-state index is -1.45. The van der Waals surface area contributed by atoms with Gasteiger partial charge in [0.1, 0.15) is 0 Å². The van der Waals surface area contributed by atoms with Crippen molar-refractivity contribution in [3.63, 3.8) is 0 Å². The molecule has 24 heavy (non-hydrogen) atoms. The van der Waals surface area contributed by atoms with Crippen molar-refractivity contribution < 1.29 is 18.5 Å².